The lowest BCUT2D eigenvalue weighted by atomic mass is 10.2. The second kappa shape index (κ2) is 4.62. The van der Waals surface area contributed by atoms with Gasteiger partial charge in [-0.15, -0.1) is 0 Å². The first-order valence-electron chi connectivity index (χ1n) is 6.04. The van der Waals surface area contributed by atoms with Crippen molar-refractivity contribution in [3.8, 4) is 5.69 Å². The van der Waals surface area contributed by atoms with Gasteiger partial charge in [-0.05, 0) is 77.4 Å². The molecule has 0 aliphatic carbocycles. The van der Waals surface area contributed by atoms with E-state index in [4.69, 9.17) is 12.2 Å². The topological polar surface area (TPSA) is 20.7 Å². The molecule has 0 atom stereocenters. The summed E-state index contributed by atoms with van der Waals surface area (Å²) in [6.07, 6.45) is 0. The maximum atomic E-state index is 5.47. The van der Waals surface area contributed by atoms with Gasteiger partial charge in [0.15, 0.2) is 4.77 Å². The Labute approximate surface area is 125 Å². The van der Waals surface area contributed by atoms with Crippen molar-refractivity contribution >= 4 is 39.2 Å². The van der Waals surface area contributed by atoms with Gasteiger partial charge in [0, 0.05) is 4.47 Å². The molecular weight excluding hydrogens is 320 g/mol. The van der Waals surface area contributed by atoms with E-state index in [0.717, 1.165) is 21.2 Å². The SMILES string of the molecule is Cc1ccc(Br)c(-n2c(=S)[nH]c3ccc(C)cc32)c1. The van der Waals surface area contributed by atoms with Crippen molar-refractivity contribution in [2.24, 2.45) is 0 Å². The van der Waals surface area contributed by atoms with Gasteiger partial charge in [-0.1, -0.05) is 12.1 Å². The fourth-order valence-electron chi connectivity index (χ4n) is 2.25. The minimum atomic E-state index is 0.715. The molecule has 4 heteroatoms. The number of fused-ring (bicyclic) bond motifs is 1. The molecule has 0 bridgehead atoms. The summed E-state index contributed by atoms with van der Waals surface area (Å²) in [4.78, 5) is 3.26. The van der Waals surface area contributed by atoms with E-state index in [-0.39, 0.29) is 0 Å². The molecule has 1 N–H and O–H groups in total. The normalized spacial score (nSPS) is 11.1. The maximum Gasteiger partial charge on any atom is 0.182 e. The average Bonchev–Trinajstić information content (AvgIpc) is 2.68. The summed E-state index contributed by atoms with van der Waals surface area (Å²) in [5.74, 6) is 0. The number of hydrogen-bond acceptors (Lipinski definition) is 1. The molecule has 2 nitrogen and oxygen atoms in total. The summed E-state index contributed by atoms with van der Waals surface area (Å²) >= 11 is 9.08. The number of rotatable bonds is 1. The molecule has 96 valence electrons. The Bertz CT molecular complexity index is 830. The van der Waals surface area contributed by atoms with Gasteiger partial charge in [-0.3, -0.25) is 4.57 Å². The molecule has 3 rings (SSSR count). The van der Waals surface area contributed by atoms with Crippen LogP contribution in [0, 0.1) is 18.6 Å². The number of aromatic amines is 1. The molecule has 0 unspecified atom stereocenters. The van der Waals surface area contributed by atoms with Crippen LogP contribution in [0.1, 0.15) is 11.1 Å². The van der Waals surface area contributed by atoms with Crippen LogP contribution in [0.2, 0.25) is 0 Å². The maximum absolute atomic E-state index is 5.47. The van der Waals surface area contributed by atoms with Crippen LogP contribution < -0.4 is 0 Å². The third-order valence-electron chi connectivity index (χ3n) is 3.18. The number of H-pyrrole nitrogens is 1. The van der Waals surface area contributed by atoms with E-state index in [9.17, 15) is 0 Å². The van der Waals surface area contributed by atoms with Gasteiger partial charge in [-0.25, -0.2) is 0 Å². The van der Waals surface area contributed by atoms with E-state index in [0.29, 0.717) is 4.77 Å². The lowest BCUT2D eigenvalue weighted by Crippen LogP contribution is -1.96. The van der Waals surface area contributed by atoms with Gasteiger partial charge >= 0.3 is 0 Å². The summed E-state index contributed by atoms with van der Waals surface area (Å²) in [6.45, 7) is 4.17. The fraction of sp³-hybridized carbons (Fsp3) is 0.133. The monoisotopic (exact) mass is 332 g/mol. The van der Waals surface area contributed by atoms with Crippen molar-refractivity contribution in [2.75, 3.05) is 0 Å². The van der Waals surface area contributed by atoms with Crippen molar-refractivity contribution in [1.82, 2.24) is 9.55 Å². The van der Waals surface area contributed by atoms with E-state index in [1.54, 1.807) is 0 Å². The summed E-state index contributed by atoms with van der Waals surface area (Å²) in [7, 11) is 0. The molecule has 0 radical (unpaired) electrons. The fourth-order valence-corrected chi connectivity index (χ4v) is 2.98. The van der Waals surface area contributed by atoms with Crippen LogP contribution in [0.4, 0.5) is 0 Å². The molecule has 3 aromatic rings. The minimum absolute atomic E-state index is 0.715. The average molecular weight is 333 g/mol. The Balaban J connectivity index is 2.42. The Kier molecular flexibility index (Phi) is 3.07. The molecule has 2 aromatic carbocycles. The summed E-state index contributed by atoms with van der Waals surface area (Å²) in [5.41, 5.74) is 5.67. The Morgan fingerprint density at radius 2 is 1.74 bits per heavy atom. The van der Waals surface area contributed by atoms with E-state index in [1.807, 2.05) is 0 Å². The number of aromatic nitrogens is 2. The highest BCUT2D eigenvalue weighted by Crippen LogP contribution is 2.27. The van der Waals surface area contributed by atoms with Crippen molar-refractivity contribution < 1.29 is 0 Å². The molecule has 0 saturated carbocycles. The molecule has 0 aliphatic heterocycles. The van der Waals surface area contributed by atoms with Crippen LogP contribution in [0.5, 0.6) is 0 Å². The Morgan fingerprint density at radius 3 is 2.53 bits per heavy atom. The van der Waals surface area contributed by atoms with Gasteiger partial charge < -0.3 is 4.98 Å². The predicted molar refractivity (Wildman–Crippen MR) is 85.6 cm³/mol. The highest BCUT2D eigenvalue weighted by Gasteiger charge is 2.09. The van der Waals surface area contributed by atoms with Crippen LogP contribution in [-0.2, 0) is 0 Å². The molecule has 1 aromatic heterocycles. The van der Waals surface area contributed by atoms with Crippen molar-refractivity contribution in [3.05, 3.63) is 56.8 Å². The number of imidazole rings is 1. The van der Waals surface area contributed by atoms with Crippen molar-refractivity contribution in [3.63, 3.8) is 0 Å². The van der Waals surface area contributed by atoms with Crippen molar-refractivity contribution in [2.45, 2.75) is 13.8 Å². The Morgan fingerprint density at radius 1 is 1.05 bits per heavy atom. The quantitative estimate of drug-likeness (QED) is 0.617. The highest BCUT2D eigenvalue weighted by molar-refractivity contribution is 9.10. The van der Waals surface area contributed by atoms with Gasteiger partial charge in [0.2, 0.25) is 0 Å². The van der Waals surface area contributed by atoms with Gasteiger partial charge in [0.1, 0.15) is 0 Å². The van der Waals surface area contributed by atoms with Crippen molar-refractivity contribution in [1.29, 1.82) is 0 Å². The second-order valence-electron chi connectivity index (χ2n) is 4.74. The smallest absolute Gasteiger partial charge is 0.182 e. The molecule has 0 fully saturated rings. The number of nitrogens with one attached hydrogen (secondary N) is 1. The number of benzene rings is 2. The standard InChI is InChI=1S/C15H13BrN2S/c1-9-3-5-11(16)13(7-9)18-14-8-10(2)4-6-12(14)17-15(18)19/h3-8H,1-2H3,(H,17,19). The molecule has 1 heterocycles. The predicted octanol–water partition coefficient (Wildman–Crippen LogP) is 5.07. The van der Waals surface area contributed by atoms with E-state index in [2.05, 4.69) is 75.7 Å². The molecule has 0 amide bonds. The first-order valence-corrected chi connectivity index (χ1v) is 7.24. The lowest BCUT2D eigenvalue weighted by Gasteiger charge is -2.08. The summed E-state index contributed by atoms with van der Waals surface area (Å²) < 4.78 is 3.83. The third-order valence-corrected chi connectivity index (χ3v) is 4.14. The number of aryl methyl sites for hydroxylation is 2. The van der Waals surface area contributed by atoms with Crippen LogP contribution in [0.3, 0.4) is 0 Å². The van der Waals surface area contributed by atoms with Gasteiger partial charge in [0.25, 0.3) is 0 Å². The zero-order valence-corrected chi connectivity index (χ0v) is 13.1. The van der Waals surface area contributed by atoms with Crippen LogP contribution in [-0.4, -0.2) is 9.55 Å². The molecule has 0 saturated heterocycles. The molecular formula is C15H13BrN2S. The van der Waals surface area contributed by atoms with Crippen LogP contribution in [0.25, 0.3) is 16.7 Å². The summed E-state index contributed by atoms with van der Waals surface area (Å²) in [6, 6.07) is 12.6. The first-order chi connectivity index (χ1) is 9.06. The summed E-state index contributed by atoms with van der Waals surface area (Å²) in [5, 5.41) is 0. The third kappa shape index (κ3) is 2.15. The number of nitrogens with zero attached hydrogens (tertiary/aromatic N) is 1. The van der Waals surface area contributed by atoms with Crippen LogP contribution >= 0.6 is 28.1 Å². The molecule has 0 aliphatic rings. The van der Waals surface area contributed by atoms with E-state index < -0.39 is 0 Å². The Hall–Kier alpha value is -1.39. The zero-order chi connectivity index (χ0) is 13.6. The van der Waals surface area contributed by atoms with Gasteiger partial charge in [-0.2, -0.15) is 0 Å². The molecule has 19 heavy (non-hydrogen) atoms. The minimum Gasteiger partial charge on any atom is -0.330 e. The lowest BCUT2D eigenvalue weighted by molar-refractivity contribution is 1.05. The number of halogens is 1. The molecule has 0 spiro atoms. The highest BCUT2D eigenvalue weighted by atomic mass is 79.9. The van der Waals surface area contributed by atoms with E-state index >= 15 is 0 Å². The largest absolute Gasteiger partial charge is 0.330 e. The van der Waals surface area contributed by atoms with Gasteiger partial charge in [0.05, 0.1) is 16.7 Å². The zero-order valence-electron chi connectivity index (χ0n) is 10.7. The number of hydrogen-bond donors (Lipinski definition) is 1. The first kappa shape index (κ1) is 12.6. The van der Waals surface area contributed by atoms with Crippen LogP contribution in [0.15, 0.2) is 40.9 Å². The van der Waals surface area contributed by atoms with E-state index in [1.165, 1.54) is 11.1 Å². The second-order valence-corrected chi connectivity index (χ2v) is 5.98.